The lowest BCUT2D eigenvalue weighted by Crippen LogP contribution is -2.53. The summed E-state index contributed by atoms with van der Waals surface area (Å²) < 4.78 is 18.2. The molecule has 2 fully saturated rings. The molecule has 4 aliphatic rings. The van der Waals surface area contributed by atoms with Crippen LogP contribution in [0.15, 0.2) is 48.5 Å². The molecule has 1 aromatic heterocycles. The Morgan fingerprint density at radius 3 is 2.73 bits per heavy atom. The van der Waals surface area contributed by atoms with E-state index in [2.05, 4.69) is 10.2 Å². The van der Waals surface area contributed by atoms with Gasteiger partial charge in [0.2, 0.25) is 5.91 Å². The highest BCUT2D eigenvalue weighted by atomic mass is 35.5. The molecule has 41 heavy (non-hydrogen) atoms. The Bertz CT molecular complexity index is 1830. The minimum absolute atomic E-state index is 0.000680. The molecule has 1 amide bonds. The first-order chi connectivity index (χ1) is 19.7. The van der Waals surface area contributed by atoms with Crippen LogP contribution < -0.4 is 5.32 Å². The molecule has 0 radical (unpaired) electrons. The molecule has 0 bridgehead atoms. The van der Waals surface area contributed by atoms with Crippen LogP contribution in [-0.4, -0.2) is 39.0 Å². The fourth-order valence-electron chi connectivity index (χ4n) is 8.07. The number of fused-ring (bicyclic) bond motifs is 7. The molecule has 208 valence electrons. The van der Waals surface area contributed by atoms with Crippen molar-refractivity contribution >= 4 is 39.9 Å². The van der Waals surface area contributed by atoms with E-state index in [1.807, 2.05) is 48.9 Å². The molecule has 4 heterocycles. The SMILES string of the molecule is CC(=O)c1ccc2c3n(nc2c1C)[C@H]1C(c2cccc(Cl)c2F)[C@]2(C(=O)Nc4cc(C)ccc42)N(CC2CC2)[C@H]1C3. The number of aryl methyl sites for hydroxylation is 2. The molecule has 8 rings (SSSR count). The molecule has 1 saturated heterocycles. The van der Waals surface area contributed by atoms with Gasteiger partial charge in [-0.05, 0) is 68.4 Å². The second-order valence-electron chi connectivity index (χ2n) is 12.3. The van der Waals surface area contributed by atoms with Crippen molar-refractivity contribution in [2.75, 3.05) is 11.9 Å². The first kappa shape index (κ1) is 25.2. The minimum atomic E-state index is -1.11. The summed E-state index contributed by atoms with van der Waals surface area (Å²) in [6.07, 6.45) is 2.94. The number of hydrogen-bond acceptors (Lipinski definition) is 4. The number of anilines is 1. The van der Waals surface area contributed by atoms with Gasteiger partial charge in [-0.15, -0.1) is 0 Å². The van der Waals surface area contributed by atoms with Crippen LogP contribution in [0.25, 0.3) is 10.9 Å². The van der Waals surface area contributed by atoms with E-state index >= 15 is 4.39 Å². The van der Waals surface area contributed by atoms with Gasteiger partial charge in [0, 0.05) is 52.8 Å². The normalized spacial score (nSPS) is 26.5. The first-order valence-corrected chi connectivity index (χ1v) is 14.7. The number of halogens is 2. The number of nitrogens with zero attached hydrogens (tertiary/aromatic N) is 3. The van der Waals surface area contributed by atoms with Crippen LogP contribution in [0, 0.1) is 25.6 Å². The lowest BCUT2D eigenvalue weighted by atomic mass is 9.73. The molecule has 1 spiro atoms. The number of hydrogen-bond donors (Lipinski definition) is 1. The molecule has 4 atom stereocenters. The standard InChI is InChI=1S/C33H30ClFN4O2/c1-16-7-12-23-25(13-16)36-32(41)33(23)28(22-5-4-6-24(34)29(22)35)31-27(38(33)15-19-8-9-19)14-26-21-11-10-20(18(3)40)17(2)30(21)37-39(26)31/h4-7,10-13,19,27-28,31H,8-9,14-15H2,1-3H3,(H,36,41)/t27-,28?,31+,33+/m0/s1. The maximum absolute atomic E-state index is 16.2. The van der Waals surface area contributed by atoms with E-state index in [9.17, 15) is 9.59 Å². The molecule has 1 saturated carbocycles. The molecule has 8 heteroatoms. The van der Waals surface area contributed by atoms with Crippen LogP contribution >= 0.6 is 11.6 Å². The van der Waals surface area contributed by atoms with Gasteiger partial charge in [0.05, 0.1) is 16.6 Å². The van der Waals surface area contributed by atoms with Gasteiger partial charge in [-0.1, -0.05) is 48.0 Å². The first-order valence-electron chi connectivity index (χ1n) is 14.4. The van der Waals surface area contributed by atoms with Gasteiger partial charge in [0.25, 0.3) is 0 Å². The summed E-state index contributed by atoms with van der Waals surface area (Å²) in [7, 11) is 0. The topological polar surface area (TPSA) is 67.2 Å². The zero-order chi connectivity index (χ0) is 28.4. The number of aromatic nitrogens is 2. The Kier molecular flexibility index (Phi) is 5.22. The van der Waals surface area contributed by atoms with E-state index in [4.69, 9.17) is 16.7 Å². The summed E-state index contributed by atoms with van der Waals surface area (Å²) in [5.41, 5.74) is 5.41. The van der Waals surface area contributed by atoms with Crippen LogP contribution in [0.1, 0.15) is 70.0 Å². The van der Waals surface area contributed by atoms with Crippen molar-refractivity contribution in [2.45, 2.75) is 63.6 Å². The summed E-state index contributed by atoms with van der Waals surface area (Å²) in [5, 5.41) is 9.39. The van der Waals surface area contributed by atoms with Gasteiger partial charge in [-0.2, -0.15) is 5.10 Å². The van der Waals surface area contributed by atoms with E-state index in [1.165, 1.54) is 0 Å². The van der Waals surface area contributed by atoms with Crippen molar-refractivity contribution in [2.24, 2.45) is 5.92 Å². The zero-order valence-corrected chi connectivity index (χ0v) is 23.9. The third kappa shape index (κ3) is 3.25. The van der Waals surface area contributed by atoms with Crippen molar-refractivity contribution in [1.29, 1.82) is 0 Å². The van der Waals surface area contributed by atoms with Crippen LogP contribution in [0.3, 0.4) is 0 Å². The van der Waals surface area contributed by atoms with Crippen LogP contribution in [0.2, 0.25) is 5.02 Å². The fourth-order valence-corrected chi connectivity index (χ4v) is 8.25. The average Bonchev–Trinajstić information content (AvgIpc) is 3.36. The zero-order valence-electron chi connectivity index (χ0n) is 23.2. The number of nitrogens with one attached hydrogen (secondary N) is 1. The predicted octanol–water partition coefficient (Wildman–Crippen LogP) is 6.47. The molecule has 1 aliphatic carbocycles. The van der Waals surface area contributed by atoms with Gasteiger partial charge < -0.3 is 5.32 Å². The van der Waals surface area contributed by atoms with E-state index in [1.54, 1.807) is 25.1 Å². The van der Waals surface area contributed by atoms with Gasteiger partial charge in [0.1, 0.15) is 11.4 Å². The van der Waals surface area contributed by atoms with Crippen molar-refractivity contribution in [3.63, 3.8) is 0 Å². The van der Waals surface area contributed by atoms with Crippen molar-refractivity contribution in [3.8, 4) is 0 Å². The van der Waals surface area contributed by atoms with Crippen LogP contribution in [-0.2, 0) is 16.8 Å². The predicted molar refractivity (Wildman–Crippen MR) is 156 cm³/mol. The molecule has 4 aromatic rings. The van der Waals surface area contributed by atoms with Crippen molar-refractivity contribution in [3.05, 3.63) is 92.9 Å². The van der Waals surface area contributed by atoms with Gasteiger partial charge in [-0.3, -0.25) is 19.2 Å². The van der Waals surface area contributed by atoms with Gasteiger partial charge >= 0.3 is 0 Å². The minimum Gasteiger partial charge on any atom is -0.324 e. The lowest BCUT2D eigenvalue weighted by molar-refractivity contribution is -0.128. The van der Waals surface area contributed by atoms with Gasteiger partial charge in [0.15, 0.2) is 5.78 Å². The highest BCUT2D eigenvalue weighted by molar-refractivity contribution is 6.30. The highest BCUT2D eigenvalue weighted by Gasteiger charge is 2.69. The number of rotatable bonds is 4. The summed E-state index contributed by atoms with van der Waals surface area (Å²) in [6, 6.07) is 14.7. The summed E-state index contributed by atoms with van der Waals surface area (Å²) >= 11 is 6.41. The molecule has 3 aromatic carbocycles. The Hall–Kier alpha value is -3.55. The maximum atomic E-state index is 16.2. The van der Waals surface area contributed by atoms with Crippen LogP contribution in [0.5, 0.6) is 0 Å². The van der Waals surface area contributed by atoms with Crippen molar-refractivity contribution < 1.29 is 14.0 Å². The Morgan fingerprint density at radius 1 is 1.17 bits per heavy atom. The third-order valence-electron chi connectivity index (χ3n) is 9.98. The molecular formula is C33H30ClFN4O2. The smallest absolute Gasteiger partial charge is 0.250 e. The van der Waals surface area contributed by atoms with E-state index in [-0.39, 0.29) is 28.8 Å². The Morgan fingerprint density at radius 2 is 1.98 bits per heavy atom. The Balaban J connectivity index is 1.43. The molecule has 1 unspecified atom stereocenters. The summed E-state index contributed by atoms with van der Waals surface area (Å²) in [5.74, 6) is -0.677. The lowest BCUT2D eigenvalue weighted by Gasteiger charge is -2.40. The van der Waals surface area contributed by atoms with Crippen LogP contribution in [0.4, 0.5) is 10.1 Å². The van der Waals surface area contributed by atoms with E-state index in [0.29, 0.717) is 23.5 Å². The van der Waals surface area contributed by atoms with E-state index < -0.39 is 17.3 Å². The highest BCUT2D eigenvalue weighted by Crippen LogP contribution is 2.64. The van der Waals surface area contributed by atoms with E-state index in [0.717, 1.165) is 58.4 Å². The molecule has 1 N–H and O–H groups in total. The van der Waals surface area contributed by atoms with Gasteiger partial charge in [-0.25, -0.2) is 4.39 Å². The van der Waals surface area contributed by atoms with Crippen molar-refractivity contribution in [1.82, 2.24) is 14.7 Å². The summed E-state index contributed by atoms with van der Waals surface area (Å²) in [4.78, 5) is 29.2. The number of Topliss-reactive ketones (excluding diaryl/α,β-unsaturated/α-hetero) is 1. The number of carbonyl (C=O) groups excluding carboxylic acids is 2. The fraction of sp³-hybridized carbons (Fsp3) is 0.364. The monoisotopic (exact) mass is 568 g/mol. The molecule has 6 nitrogen and oxygen atoms in total. The number of amides is 1. The third-order valence-corrected chi connectivity index (χ3v) is 10.3. The number of carbonyl (C=O) groups is 2. The second-order valence-corrected chi connectivity index (χ2v) is 12.7. The molecule has 3 aliphatic heterocycles. The largest absolute Gasteiger partial charge is 0.324 e. The number of likely N-dealkylation sites (tertiary alicyclic amines) is 1. The second kappa shape index (κ2) is 8.49. The summed E-state index contributed by atoms with van der Waals surface area (Å²) in [6.45, 7) is 6.28. The average molecular weight is 569 g/mol. The number of ketones is 1. The Labute approximate surface area is 242 Å². The maximum Gasteiger partial charge on any atom is 0.250 e. The number of benzene rings is 3. The quantitative estimate of drug-likeness (QED) is 0.287. The molecular weight excluding hydrogens is 539 g/mol.